The van der Waals surface area contributed by atoms with Crippen molar-refractivity contribution in [1.29, 1.82) is 0 Å². The minimum absolute atomic E-state index is 0.0493. The third-order valence-corrected chi connectivity index (χ3v) is 6.21. The zero-order valence-electron chi connectivity index (χ0n) is 18.2. The van der Waals surface area contributed by atoms with Crippen LogP contribution in [0.3, 0.4) is 0 Å². The minimum atomic E-state index is -0.0662. The molecule has 31 heavy (non-hydrogen) atoms. The Kier molecular flexibility index (Phi) is 6.87. The van der Waals surface area contributed by atoms with E-state index in [2.05, 4.69) is 17.1 Å². The van der Waals surface area contributed by atoms with Crippen molar-refractivity contribution in [1.82, 2.24) is 10.2 Å². The van der Waals surface area contributed by atoms with Crippen molar-refractivity contribution in [3.63, 3.8) is 0 Å². The molecule has 1 N–H and O–H groups in total. The van der Waals surface area contributed by atoms with E-state index in [1.54, 1.807) is 4.90 Å². The third-order valence-electron chi connectivity index (χ3n) is 6.21. The van der Waals surface area contributed by atoms with E-state index < -0.39 is 0 Å². The molecule has 0 aromatic heterocycles. The summed E-state index contributed by atoms with van der Waals surface area (Å²) in [6.45, 7) is 5.69. The number of nitrogens with zero attached hydrogens (tertiary/aromatic N) is 2. The van der Waals surface area contributed by atoms with E-state index in [0.717, 1.165) is 30.0 Å². The third kappa shape index (κ3) is 5.25. The molecule has 2 aromatic rings. The van der Waals surface area contributed by atoms with Gasteiger partial charge in [0.05, 0.1) is 12.2 Å². The summed E-state index contributed by atoms with van der Waals surface area (Å²) in [7, 11) is 0. The maximum absolute atomic E-state index is 12.5. The Morgan fingerprint density at radius 1 is 1.13 bits per heavy atom. The van der Waals surface area contributed by atoms with Gasteiger partial charge in [0.1, 0.15) is 5.75 Å². The maximum atomic E-state index is 12.5. The molecule has 164 valence electrons. The van der Waals surface area contributed by atoms with E-state index in [9.17, 15) is 9.59 Å². The molecule has 0 saturated carbocycles. The number of carbonyl (C=O) groups excluding carboxylic acids is 2. The Bertz CT molecular complexity index is 912. The van der Waals surface area contributed by atoms with Crippen LogP contribution in [0.4, 0.5) is 5.69 Å². The highest BCUT2D eigenvalue weighted by Gasteiger charge is 2.25. The number of benzene rings is 2. The van der Waals surface area contributed by atoms with E-state index >= 15 is 0 Å². The number of nitrogens with one attached hydrogen (secondary N) is 1. The first-order valence-corrected chi connectivity index (χ1v) is 11.3. The summed E-state index contributed by atoms with van der Waals surface area (Å²) in [6.07, 6.45) is 4.86. The molecule has 2 aliphatic rings. The molecule has 4 rings (SSSR count). The highest BCUT2D eigenvalue weighted by molar-refractivity contribution is 5.98. The SMILES string of the molecule is C[C@@H]1CCCCN1CCCNC(=O)c1ccc(CN2C(=O)COc3ccccc32)cc1. The van der Waals surface area contributed by atoms with Crippen LogP contribution in [0, 0.1) is 0 Å². The minimum Gasteiger partial charge on any atom is -0.482 e. The fraction of sp³-hybridized carbons (Fsp3) is 0.440. The van der Waals surface area contributed by atoms with Crippen LogP contribution in [0.15, 0.2) is 48.5 Å². The number of para-hydroxylation sites is 2. The number of anilines is 1. The normalized spacial score (nSPS) is 18.9. The standard InChI is InChI=1S/C25H31N3O3/c1-19-7-4-5-15-27(19)16-6-14-26-25(30)21-12-10-20(11-13-21)17-28-22-8-2-3-9-23(22)31-18-24(28)29/h2-3,8-13,19H,4-7,14-18H2,1H3,(H,26,30)/t19-/m1/s1. The molecule has 2 heterocycles. The van der Waals surface area contributed by atoms with Crippen molar-refractivity contribution in [2.75, 3.05) is 31.1 Å². The molecule has 0 spiro atoms. The van der Waals surface area contributed by atoms with Gasteiger partial charge >= 0.3 is 0 Å². The number of piperidine rings is 1. The van der Waals surface area contributed by atoms with E-state index in [0.29, 0.717) is 24.7 Å². The van der Waals surface area contributed by atoms with Gasteiger partial charge < -0.3 is 19.9 Å². The molecule has 0 unspecified atom stereocenters. The fourth-order valence-corrected chi connectivity index (χ4v) is 4.35. The molecule has 0 aliphatic carbocycles. The van der Waals surface area contributed by atoms with Crippen molar-refractivity contribution >= 4 is 17.5 Å². The summed E-state index contributed by atoms with van der Waals surface area (Å²) in [5.74, 6) is 0.603. The molecule has 2 aromatic carbocycles. The molecular weight excluding hydrogens is 390 g/mol. The van der Waals surface area contributed by atoms with Crippen LogP contribution < -0.4 is 15.0 Å². The van der Waals surface area contributed by atoms with Gasteiger partial charge in [-0.3, -0.25) is 9.59 Å². The molecule has 2 amide bonds. The van der Waals surface area contributed by atoms with Crippen LogP contribution in [-0.2, 0) is 11.3 Å². The average molecular weight is 422 g/mol. The lowest BCUT2D eigenvalue weighted by Crippen LogP contribution is -2.39. The molecule has 0 bridgehead atoms. The molecule has 1 saturated heterocycles. The van der Waals surface area contributed by atoms with Crippen molar-refractivity contribution < 1.29 is 14.3 Å². The molecule has 1 fully saturated rings. The van der Waals surface area contributed by atoms with Gasteiger partial charge in [0.2, 0.25) is 0 Å². The first-order valence-electron chi connectivity index (χ1n) is 11.3. The van der Waals surface area contributed by atoms with Crippen molar-refractivity contribution in [3.8, 4) is 5.75 Å². The summed E-state index contributed by atoms with van der Waals surface area (Å²) in [5, 5.41) is 3.03. The number of amides is 2. The van der Waals surface area contributed by atoms with Gasteiger partial charge in [-0.2, -0.15) is 0 Å². The van der Waals surface area contributed by atoms with E-state index in [-0.39, 0.29) is 18.4 Å². The van der Waals surface area contributed by atoms with Crippen LogP contribution in [0.5, 0.6) is 5.75 Å². The number of hydrogen-bond acceptors (Lipinski definition) is 4. The largest absolute Gasteiger partial charge is 0.482 e. The molecule has 6 heteroatoms. The number of ether oxygens (including phenoxy) is 1. The molecular formula is C25H31N3O3. The summed E-state index contributed by atoms with van der Waals surface area (Å²) in [4.78, 5) is 29.1. The number of rotatable bonds is 7. The average Bonchev–Trinajstić information content (AvgIpc) is 2.80. The van der Waals surface area contributed by atoms with E-state index in [1.807, 2.05) is 48.5 Å². The Morgan fingerprint density at radius 3 is 2.74 bits per heavy atom. The van der Waals surface area contributed by atoms with Gasteiger partial charge in [-0.15, -0.1) is 0 Å². The summed E-state index contributed by atoms with van der Waals surface area (Å²) in [6, 6.07) is 15.7. The second kappa shape index (κ2) is 9.96. The summed E-state index contributed by atoms with van der Waals surface area (Å²) < 4.78 is 5.50. The van der Waals surface area contributed by atoms with Gasteiger partial charge in [0, 0.05) is 24.7 Å². The van der Waals surface area contributed by atoms with Crippen LogP contribution in [-0.4, -0.2) is 49.0 Å². The highest BCUT2D eigenvalue weighted by Crippen LogP contribution is 2.32. The van der Waals surface area contributed by atoms with Gasteiger partial charge in [-0.1, -0.05) is 30.7 Å². The zero-order valence-corrected chi connectivity index (χ0v) is 18.2. The lowest BCUT2D eigenvalue weighted by molar-refractivity contribution is -0.121. The lowest BCUT2D eigenvalue weighted by Gasteiger charge is -2.33. The monoisotopic (exact) mass is 421 g/mol. The summed E-state index contributed by atoms with van der Waals surface area (Å²) in [5.41, 5.74) is 2.40. The molecule has 2 aliphatic heterocycles. The Balaban J connectivity index is 1.28. The fourth-order valence-electron chi connectivity index (χ4n) is 4.35. The van der Waals surface area contributed by atoms with Gasteiger partial charge in [0.15, 0.2) is 6.61 Å². The van der Waals surface area contributed by atoms with Crippen molar-refractivity contribution in [3.05, 3.63) is 59.7 Å². The van der Waals surface area contributed by atoms with Crippen LogP contribution in [0.25, 0.3) is 0 Å². The molecule has 6 nitrogen and oxygen atoms in total. The quantitative estimate of drug-likeness (QED) is 0.694. The predicted molar refractivity (Wildman–Crippen MR) is 121 cm³/mol. The summed E-state index contributed by atoms with van der Waals surface area (Å²) >= 11 is 0. The van der Waals surface area contributed by atoms with Gasteiger partial charge in [0.25, 0.3) is 11.8 Å². The molecule has 0 radical (unpaired) electrons. The van der Waals surface area contributed by atoms with Crippen molar-refractivity contribution in [2.24, 2.45) is 0 Å². The second-order valence-electron chi connectivity index (χ2n) is 8.42. The zero-order chi connectivity index (χ0) is 21.6. The van der Waals surface area contributed by atoms with Crippen molar-refractivity contribution in [2.45, 2.75) is 45.2 Å². The molecule has 1 atom stereocenters. The number of fused-ring (bicyclic) bond motifs is 1. The maximum Gasteiger partial charge on any atom is 0.265 e. The van der Waals surface area contributed by atoms with Crippen LogP contribution in [0.2, 0.25) is 0 Å². The van der Waals surface area contributed by atoms with E-state index in [4.69, 9.17) is 4.74 Å². The second-order valence-corrected chi connectivity index (χ2v) is 8.42. The Hall–Kier alpha value is -2.86. The topological polar surface area (TPSA) is 61.9 Å². The van der Waals surface area contributed by atoms with Gasteiger partial charge in [-0.05, 0) is 62.6 Å². The van der Waals surface area contributed by atoms with Gasteiger partial charge in [-0.25, -0.2) is 0 Å². The number of hydrogen-bond donors (Lipinski definition) is 1. The number of carbonyl (C=O) groups is 2. The van der Waals surface area contributed by atoms with E-state index in [1.165, 1.54) is 25.8 Å². The predicted octanol–water partition coefficient (Wildman–Crippen LogP) is 3.61. The highest BCUT2D eigenvalue weighted by atomic mass is 16.5. The lowest BCUT2D eigenvalue weighted by atomic mass is 10.0. The Labute approximate surface area is 184 Å². The smallest absolute Gasteiger partial charge is 0.265 e. The first-order chi connectivity index (χ1) is 15.1. The Morgan fingerprint density at radius 2 is 1.94 bits per heavy atom. The number of likely N-dealkylation sites (tertiary alicyclic amines) is 1. The van der Waals surface area contributed by atoms with Crippen LogP contribution in [0.1, 0.15) is 48.5 Å². The van der Waals surface area contributed by atoms with Crippen LogP contribution >= 0.6 is 0 Å². The first kappa shape index (κ1) is 21.4.